The fourth-order valence-corrected chi connectivity index (χ4v) is 4.69. The Kier molecular flexibility index (Phi) is 5.04. The third-order valence-corrected chi connectivity index (χ3v) is 6.17. The Bertz CT molecular complexity index is 1050. The van der Waals surface area contributed by atoms with Gasteiger partial charge in [-0.3, -0.25) is 14.7 Å². The Morgan fingerprint density at radius 3 is 2.70 bits per heavy atom. The van der Waals surface area contributed by atoms with Crippen molar-refractivity contribution in [1.29, 1.82) is 0 Å². The van der Waals surface area contributed by atoms with Crippen molar-refractivity contribution < 1.29 is 4.79 Å². The number of hydrogen-bond acceptors (Lipinski definition) is 5. The van der Waals surface area contributed by atoms with Gasteiger partial charge in [0.2, 0.25) is 5.82 Å². The van der Waals surface area contributed by atoms with Crippen LogP contribution in [0.1, 0.15) is 33.4 Å². The van der Waals surface area contributed by atoms with E-state index in [1.165, 1.54) is 0 Å². The quantitative estimate of drug-likeness (QED) is 0.708. The summed E-state index contributed by atoms with van der Waals surface area (Å²) >= 11 is 0. The van der Waals surface area contributed by atoms with Crippen molar-refractivity contribution in [2.45, 2.75) is 33.0 Å². The summed E-state index contributed by atoms with van der Waals surface area (Å²) in [7, 11) is 0. The average Bonchev–Trinajstić information content (AvgIpc) is 3.33. The highest BCUT2D eigenvalue weighted by Gasteiger charge is 2.39. The van der Waals surface area contributed by atoms with E-state index < -0.39 is 0 Å². The zero-order valence-corrected chi connectivity index (χ0v) is 17.2. The van der Waals surface area contributed by atoms with Crippen LogP contribution in [-0.4, -0.2) is 43.6 Å². The normalized spacial score (nSPS) is 20.6. The molecule has 7 heteroatoms. The predicted octanol–water partition coefficient (Wildman–Crippen LogP) is 2.22. The standard InChI is InChI=1S/C23H26N6O/c1-16-6-5-9-20(25-16)15-28-12-18-10-21-26-27-22(29(21)14-19(18)13-28)23(30)24-11-17-7-3-2-4-8-17/h2-9,18-19H,10-15H2,1H3,(H,24,30)/t18-,19+/m0/s1. The highest BCUT2D eigenvalue weighted by atomic mass is 16.2. The topological polar surface area (TPSA) is 75.9 Å². The molecule has 1 fully saturated rings. The molecule has 0 unspecified atom stereocenters. The first-order valence-corrected chi connectivity index (χ1v) is 10.5. The molecule has 0 spiro atoms. The zero-order chi connectivity index (χ0) is 20.5. The van der Waals surface area contributed by atoms with Crippen molar-refractivity contribution in [3.63, 3.8) is 0 Å². The number of hydrogen-bond donors (Lipinski definition) is 1. The molecule has 0 saturated carbocycles. The van der Waals surface area contributed by atoms with Crippen LogP contribution in [-0.2, 0) is 26.1 Å². The Morgan fingerprint density at radius 1 is 1.03 bits per heavy atom. The summed E-state index contributed by atoms with van der Waals surface area (Å²) < 4.78 is 2.02. The Hall–Kier alpha value is -3.06. The number of nitrogens with zero attached hydrogens (tertiary/aromatic N) is 5. The van der Waals surface area contributed by atoms with Crippen LogP contribution in [0.2, 0.25) is 0 Å². The summed E-state index contributed by atoms with van der Waals surface area (Å²) in [5, 5.41) is 11.5. The molecule has 1 saturated heterocycles. The van der Waals surface area contributed by atoms with Crippen LogP contribution in [0.4, 0.5) is 0 Å². The molecule has 0 radical (unpaired) electrons. The average molecular weight is 403 g/mol. The second-order valence-corrected chi connectivity index (χ2v) is 8.41. The van der Waals surface area contributed by atoms with Gasteiger partial charge in [0.15, 0.2) is 0 Å². The number of benzene rings is 1. The summed E-state index contributed by atoms with van der Waals surface area (Å²) in [6.07, 6.45) is 0.876. The number of aryl methyl sites for hydroxylation is 1. The zero-order valence-electron chi connectivity index (χ0n) is 17.2. The van der Waals surface area contributed by atoms with Gasteiger partial charge in [0.25, 0.3) is 5.91 Å². The van der Waals surface area contributed by atoms with E-state index in [-0.39, 0.29) is 5.91 Å². The fourth-order valence-electron chi connectivity index (χ4n) is 4.69. The molecule has 2 aromatic heterocycles. The summed E-state index contributed by atoms with van der Waals surface area (Å²) in [6, 6.07) is 16.1. The molecule has 2 atom stereocenters. The van der Waals surface area contributed by atoms with Crippen LogP contribution in [0.3, 0.4) is 0 Å². The number of likely N-dealkylation sites (tertiary alicyclic amines) is 1. The molecule has 4 heterocycles. The van der Waals surface area contributed by atoms with Crippen LogP contribution in [0, 0.1) is 18.8 Å². The van der Waals surface area contributed by atoms with Gasteiger partial charge in [0.05, 0.1) is 5.69 Å². The third-order valence-electron chi connectivity index (χ3n) is 6.17. The Balaban J connectivity index is 1.24. The van der Waals surface area contributed by atoms with Gasteiger partial charge in [-0.2, -0.15) is 0 Å². The first-order valence-electron chi connectivity index (χ1n) is 10.5. The van der Waals surface area contributed by atoms with Gasteiger partial charge in [-0.15, -0.1) is 10.2 Å². The molecular formula is C23H26N6O. The summed E-state index contributed by atoms with van der Waals surface area (Å²) in [6.45, 7) is 6.26. The maximum Gasteiger partial charge on any atom is 0.289 e. The first kappa shape index (κ1) is 18.9. The maximum absolute atomic E-state index is 12.7. The van der Waals surface area contributed by atoms with E-state index in [9.17, 15) is 4.79 Å². The molecule has 1 aromatic carbocycles. The lowest BCUT2D eigenvalue weighted by Gasteiger charge is -2.25. The Labute approximate surface area is 176 Å². The molecule has 0 bridgehead atoms. The second-order valence-electron chi connectivity index (χ2n) is 8.41. The number of pyridine rings is 1. The van der Waals surface area contributed by atoms with Crippen LogP contribution >= 0.6 is 0 Å². The van der Waals surface area contributed by atoms with Crippen molar-refractivity contribution in [1.82, 2.24) is 30.0 Å². The lowest BCUT2D eigenvalue weighted by atomic mass is 9.89. The summed E-state index contributed by atoms with van der Waals surface area (Å²) in [4.78, 5) is 19.8. The largest absolute Gasteiger partial charge is 0.345 e. The van der Waals surface area contributed by atoms with Crippen molar-refractivity contribution in [2.75, 3.05) is 13.1 Å². The molecule has 7 nitrogen and oxygen atoms in total. The van der Waals surface area contributed by atoms with Gasteiger partial charge < -0.3 is 9.88 Å². The smallest absolute Gasteiger partial charge is 0.289 e. The van der Waals surface area contributed by atoms with E-state index >= 15 is 0 Å². The molecule has 2 aliphatic rings. The van der Waals surface area contributed by atoms with Crippen LogP contribution in [0.25, 0.3) is 0 Å². The number of nitrogens with one attached hydrogen (secondary N) is 1. The minimum absolute atomic E-state index is 0.158. The third kappa shape index (κ3) is 3.85. The van der Waals surface area contributed by atoms with Crippen LogP contribution in [0.15, 0.2) is 48.5 Å². The number of rotatable bonds is 5. The number of fused-ring (bicyclic) bond motifs is 2. The second kappa shape index (κ2) is 7.99. The number of amides is 1. The van der Waals surface area contributed by atoms with Gasteiger partial charge in [0, 0.05) is 44.8 Å². The van der Waals surface area contributed by atoms with E-state index in [0.717, 1.165) is 55.4 Å². The molecule has 2 aliphatic heterocycles. The summed E-state index contributed by atoms with van der Waals surface area (Å²) in [5.41, 5.74) is 3.25. The van der Waals surface area contributed by atoms with E-state index in [4.69, 9.17) is 0 Å². The van der Waals surface area contributed by atoms with Crippen LogP contribution in [0.5, 0.6) is 0 Å². The molecular weight excluding hydrogens is 376 g/mol. The predicted molar refractivity (Wildman–Crippen MR) is 113 cm³/mol. The molecule has 3 aromatic rings. The van der Waals surface area contributed by atoms with Crippen LogP contribution < -0.4 is 5.32 Å². The molecule has 1 amide bonds. The van der Waals surface area contributed by atoms with Gasteiger partial charge in [-0.1, -0.05) is 36.4 Å². The minimum Gasteiger partial charge on any atom is -0.345 e. The van der Waals surface area contributed by atoms with Crippen molar-refractivity contribution in [3.8, 4) is 0 Å². The molecule has 5 rings (SSSR count). The number of carbonyl (C=O) groups excluding carboxylic acids is 1. The Morgan fingerprint density at radius 2 is 1.87 bits per heavy atom. The number of carbonyl (C=O) groups is 1. The lowest BCUT2D eigenvalue weighted by Crippen LogP contribution is -2.32. The fraction of sp³-hybridized carbons (Fsp3) is 0.391. The summed E-state index contributed by atoms with van der Waals surface area (Å²) in [5.74, 6) is 2.27. The highest BCUT2D eigenvalue weighted by molar-refractivity contribution is 5.90. The molecule has 1 N–H and O–H groups in total. The van der Waals surface area contributed by atoms with Crippen molar-refractivity contribution >= 4 is 5.91 Å². The molecule has 154 valence electrons. The van der Waals surface area contributed by atoms with Gasteiger partial charge >= 0.3 is 0 Å². The molecule has 30 heavy (non-hydrogen) atoms. The monoisotopic (exact) mass is 402 g/mol. The van der Waals surface area contributed by atoms with Gasteiger partial charge in [-0.25, -0.2) is 0 Å². The highest BCUT2D eigenvalue weighted by Crippen LogP contribution is 2.33. The van der Waals surface area contributed by atoms with Gasteiger partial charge in [-0.05, 0) is 36.5 Å². The minimum atomic E-state index is -0.158. The number of aromatic nitrogens is 4. The maximum atomic E-state index is 12.7. The van der Waals surface area contributed by atoms with E-state index in [0.29, 0.717) is 24.2 Å². The van der Waals surface area contributed by atoms with Crippen molar-refractivity contribution in [3.05, 3.63) is 77.1 Å². The van der Waals surface area contributed by atoms with E-state index in [1.54, 1.807) is 0 Å². The van der Waals surface area contributed by atoms with E-state index in [1.807, 2.05) is 47.9 Å². The SMILES string of the molecule is Cc1cccc(CN2C[C@@H]3Cn4c(nnc4C(=O)NCc4ccccc4)C[C@H]3C2)n1. The van der Waals surface area contributed by atoms with E-state index in [2.05, 4.69) is 37.5 Å². The lowest BCUT2D eigenvalue weighted by molar-refractivity contribution is 0.0932. The van der Waals surface area contributed by atoms with Crippen molar-refractivity contribution in [2.24, 2.45) is 11.8 Å². The van der Waals surface area contributed by atoms with Gasteiger partial charge in [0.1, 0.15) is 5.82 Å². The first-order chi connectivity index (χ1) is 14.7. The molecule has 0 aliphatic carbocycles.